The summed E-state index contributed by atoms with van der Waals surface area (Å²) in [6, 6.07) is 10.3. The monoisotopic (exact) mass is 402 g/mol. The van der Waals surface area contributed by atoms with Crippen LogP contribution < -0.4 is 0 Å². The summed E-state index contributed by atoms with van der Waals surface area (Å²) in [7, 11) is 1.47. The van der Waals surface area contributed by atoms with E-state index in [1.165, 1.54) is 12.7 Å². The number of rotatable bonds is 4. The van der Waals surface area contributed by atoms with Crippen LogP contribution in [0.5, 0.6) is 0 Å². The Kier molecular flexibility index (Phi) is 5.51. The molecule has 1 aromatic carbocycles. The third-order valence-electron chi connectivity index (χ3n) is 7.86. The lowest BCUT2D eigenvalue weighted by Crippen LogP contribution is -2.64. The number of carbonyl (C=O) groups excluding carboxylic acids is 1. The highest BCUT2D eigenvalue weighted by Crippen LogP contribution is 2.64. The molecule has 1 heterocycles. The molecule has 5 nitrogen and oxygen atoms in total. The molecular weight excluding hydrogens is 368 g/mol. The van der Waals surface area contributed by atoms with Gasteiger partial charge in [0.2, 0.25) is 0 Å². The normalized spacial score (nSPS) is 35.2. The molecule has 0 unspecified atom stereocenters. The molecule has 1 spiro atoms. The van der Waals surface area contributed by atoms with Crippen molar-refractivity contribution in [1.29, 1.82) is 0 Å². The van der Waals surface area contributed by atoms with Gasteiger partial charge in [0.15, 0.2) is 5.79 Å². The number of ether oxygens (including phenoxy) is 4. The minimum absolute atomic E-state index is 0.0612. The van der Waals surface area contributed by atoms with Gasteiger partial charge in [-0.15, -0.1) is 0 Å². The van der Waals surface area contributed by atoms with Gasteiger partial charge in [0.1, 0.15) is 5.92 Å². The fourth-order valence-corrected chi connectivity index (χ4v) is 6.52. The first-order valence-electron chi connectivity index (χ1n) is 10.8. The Labute approximate surface area is 174 Å². The van der Waals surface area contributed by atoms with Crippen molar-refractivity contribution >= 4 is 5.97 Å². The van der Waals surface area contributed by atoms with E-state index in [-0.39, 0.29) is 22.9 Å². The van der Waals surface area contributed by atoms with Crippen molar-refractivity contribution in [3.63, 3.8) is 0 Å². The van der Waals surface area contributed by atoms with E-state index in [0.717, 1.165) is 25.7 Å². The SMILES string of the molecule is COC(=O)[C@@H]1C2(CC[C@@H]3C(C)(C)[C@@H](OCc4ccccc4)CC[C@@]13C)OCCO2. The van der Waals surface area contributed by atoms with Crippen molar-refractivity contribution in [2.24, 2.45) is 22.7 Å². The van der Waals surface area contributed by atoms with Crippen molar-refractivity contribution in [3.05, 3.63) is 35.9 Å². The van der Waals surface area contributed by atoms with Crippen molar-refractivity contribution in [1.82, 2.24) is 0 Å². The molecule has 29 heavy (non-hydrogen) atoms. The van der Waals surface area contributed by atoms with Crippen LogP contribution in [0.25, 0.3) is 0 Å². The van der Waals surface area contributed by atoms with E-state index in [4.69, 9.17) is 18.9 Å². The molecular formula is C24H34O5. The second kappa shape index (κ2) is 7.68. The summed E-state index contributed by atoms with van der Waals surface area (Å²) in [4.78, 5) is 13.0. The van der Waals surface area contributed by atoms with Crippen LogP contribution in [-0.4, -0.2) is 38.2 Å². The number of carbonyl (C=O) groups is 1. The van der Waals surface area contributed by atoms with E-state index in [1.807, 2.05) is 18.2 Å². The maximum Gasteiger partial charge on any atom is 0.314 e. The number of hydrogen-bond donors (Lipinski definition) is 0. The number of hydrogen-bond acceptors (Lipinski definition) is 5. The topological polar surface area (TPSA) is 54.0 Å². The Morgan fingerprint density at radius 3 is 2.41 bits per heavy atom. The average Bonchev–Trinajstić information content (AvgIpc) is 3.16. The molecule has 5 heteroatoms. The minimum atomic E-state index is -0.827. The minimum Gasteiger partial charge on any atom is -0.469 e. The Hall–Kier alpha value is -1.43. The molecule has 0 N–H and O–H groups in total. The largest absolute Gasteiger partial charge is 0.469 e. The lowest BCUT2D eigenvalue weighted by Gasteiger charge is -2.61. The second-order valence-corrected chi connectivity index (χ2v) is 9.71. The predicted molar refractivity (Wildman–Crippen MR) is 109 cm³/mol. The first kappa shape index (κ1) is 20.8. The Bertz CT molecular complexity index is 724. The van der Waals surface area contributed by atoms with Crippen molar-refractivity contribution in [2.45, 2.75) is 65.0 Å². The van der Waals surface area contributed by atoms with Crippen LogP contribution in [-0.2, 0) is 30.3 Å². The molecule has 1 aromatic rings. The molecule has 0 aromatic heterocycles. The highest BCUT2D eigenvalue weighted by Gasteiger charge is 2.67. The van der Waals surface area contributed by atoms with E-state index in [2.05, 4.69) is 32.9 Å². The lowest BCUT2D eigenvalue weighted by molar-refractivity contribution is -0.280. The van der Waals surface area contributed by atoms with Crippen molar-refractivity contribution < 1.29 is 23.7 Å². The molecule has 3 fully saturated rings. The quantitative estimate of drug-likeness (QED) is 0.701. The summed E-state index contributed by atoms with van der Waals surface area (Å²) < 4.78 is 23.9. The fraction of sp³-hybridized carbons (Fsp3) is 0.708. The number of esters is 1. The molecule has 4 atom stereocenters. The van der Waals surface area contributed by atoms with Gasteiger partial charge in [-0.25, -0.2) is 0 Å². The van der Waals surface area contributed by atoms with Crippen LogP contribution in [0.15, 0.2) is 30.3 Å². The van der Waals surface area contributed by atoms with E-state index in [0.29, 0.717) is 25.7 Å². The highest BCUT2D eigenvalue weighted by atomic mass is 16.7. The number of fused-ring (bicyclic) bond motifs is 1. The van der Waals surface area contributed by atoms with Crippen LogP contribution in [0.1, 0.15) is 52.0 Å². The summed E-state index contributed by atoms with van der Waals surface area (Å²) in [5.74, 6) is -1.12. The zero-order valence-electron chi connectivity index (χ0n) is 18.1. The third kappa shape index (κ3) is 3.41. The van der Waals surface area contributed by atoms with Crippen molar-refractivity contribution in [3.8, 4) is 0 Å². The van der Waals surface area contributed by atoms with Crippen LogP contribution in [0, 0.1) is 22.7 Å². The number of benzene rings is 1. The predicted octanol–water partition coefficient (Wildman–Crippen LogP) is 4.34. The smallest absolute Gasteiger partial charge is 0.314 e. The van der Waals surface area contributed by atoms with Gasteiger partial charge in [-0.05, 0) is 41.6 Å². The zero-order chi connectivity index (χ0) is 20.7. The van der Waals surface area contributed by atoms with Gasteiger partial charge in [0, 0.05) is 6.42 Å². The Morgan fingerprint density at radius 1 is 1.07 bits per heavy atom. The molecule has 1 saturated heterocycles. The van der Waals surface area contributed by atoms with E-state index < -0.39 is 11.7 Å². The summed E-state index contributed by atoms with van der Waals surface area (Å²) >= 11 is 0. The average molecular weight is 403 g/mol. The van der Waals surface area contributed by atoms with Crippen LogP contribution in [0.3, 0.4) is 0 Å². The Balaban J connectivity index is 1.58. The summed E-state index contributed by atoms with van der Waals surface area (Å²) in [5, 5.41) is 0. The first-order chi connectivity index (χ1) is 13.8. The van der Waals surface area contributed by atoms with Gasteiger partial charge in [-0.3, -0.25) is 4.79 Å². The molecule has 160 valence electrons. The molecule has 3 aliphatic rings. The maximum atomic E-state index is 13.0. The Morgan fingerprint density at radius 2 is 1.76 bits per heavy atom. The highest BCUT2D eigenvalue weighted by molar-refractivity contribution is 5.75. The molecule has 2 saturated carbocycles. The van der Waals surface area contributed by atoms with E-state index in [9.17, 15) is 4.79 Å². The van der Waals surface area contributed by atoms with E-state index in [1.54, 1.807) is 0 Å². The van der Waals surface area contributed by atoms with Crippen molar-refractivity contribution in [2.75, 3.05) is 20.3 Å². The zero-order valence-corrected chi connectivity index (χ0v) is 18.1. The van der Waals surface area contributed by atoms with Gasteiger partial charge in [0.05, 0.1) is 33.0 Å². The molecule has 4 rings (SSSR count). The van der Waals surface area contributed by atoms with Crippen LogP contribution in [0.2, 0.25) is 0 Å². The van der Waals surface area contributed by atoms with Gasteiger partial charge in [-0.1, -0.05) is 51.1 Å². The summed E-state index contributed by atoms with van der Waals surface area (Å²) in [5.41, 5.74) is 0.888. The van der Waals surface area contributed by atoms with Gasteiger partial charge in [-0.2, -0.15) is 0 Å². The maximum absolute atomic E-state index is 13.0. The fourth-order valence-electron chi connectivity index (χ4n) is 6.52. The standard InChI is InChI=1S/C24H34O5/c1-22(2)18-10-13-24(28-14-15-29-24)20(21(25)26-4)23(18,3)12-11-19(22)27-16-17-8-6-5-7-9-17/h5-9,18-20H,10-16H2,1-4H3/t18-,19+,20+,23-/m1/s1. The first-order valence-corrected chi connectivity index (χ1v) is 10.8. The summed E-state index contributed by atoms with van der Waals surface area (Å²) in [6.45, 7) is 8.54. The van der Waals surface area contributed by atoms with Gasteiger partial charge in [0.25, 0.3) is 0 Å². The van der Waals surface area contributed by atoms with Gasteiger partial charge >= 0.3 is 5.97 Å². The van der Waals surface area contributed by atoms with Crippen LogP contribution in [0.4, 0.5) is 0 Å². The second-order valence-electron chi connectivity index (χ2n) is 9.71. The lowest BCUT2D eigenvalue weighted by atomic mass is 9.46. The third-order valence-corrected chi connectivity index (χ3v) is 7.86. The van der Waals surface area contributed by atoms with Crippen LogP contribution >= 0.6 is 0 Å². The molecule has 0 amide bonds. The molecule has 0 bridgehead atoms. The summed E-state index contributed by atoms with van der Waals surface area (Å²) in [6.07, 6.45) is 3.65. The number of methoxy groups -OCH3 is 1. The van der Waals surface area contributed by atoms with Gasteiger partial charge < -0.3 is 18.9 Å². The van der Waals surface area contributed by atoms with E-state index >= 15 is 0 Å². The molecule has 1 aliphatic heterocycles. The molecule has 0 radical (unpaired) electrons. The molecule has 2 aliphatic carbocycles.